The summed E-state index contributed by atoms with van der Waals surface area (Å²) < 4.78 is 4.58. The van der Waals surface area contributed by atoms with Crippen LogP contribution in [0.3, 0.4) is 0 Å². The first-order valence-corrected chi connectivity index (χ1v) is 5.05. The molecule has 1 aliphatic heterocycles. The predicted octanol–water partition coefficient (Wildman–Crippen LogP) is 0.211. The van der Waals surface area contributed by atoms with E-state index >= 15 is 0 Å². The third kappa shape index (κ3) is 2.25. The molecule has 0 aromatic carbocycles. The Morgan fingerprint density at radius 3 is 2.94 bits per heavy atom. The van der Waals surface area contributed by atoms with Crippen molar-refractivity contribution in [3.05, 3.63) is 18.1 Å². The number of nitrogens with one attached hydrogen (secondary N) is 1. The molecule has 1 saturated heterocycles. The lowest BCUT2D eigenvalue weighted by Crippen LogP contribution is -2.57. The molecule has 1 fully saturated rings. The molecule has 0 spiro atoms. The lowest BCUT2D eigenvalue weighted by Gasteiger charge is -2.38. The average Bonchev–Trinajstić information content (AvgIpc) is 2.32. The molecule has 7 heteroatoms. The minimum absolute atomic E-state index is 0.0814. The van der Waals surface area contributed by atoms with Gasteiger partial charge < -0.3 is 15.0 Å². The fourth-order valence-electron chi connectivity index (χ4n) is 1.57. The van der Waals surface area contributed by atoms with E-state index in [1.54, 1.807) is 4.90 Å². The normalized spacial score (nSPS) is 14.7. The van der Waals surface area contributed by atoms with E-state index in [9.17, 15) is 4.79 Å². The minimum Gasteiger partial charge on any atom is -0.453 e. The Hall–Kier alpha value is -2.36. The zero-order valence-corrected chi connectivity index (χ0v) is 9.25. The Bertz CT molecular complexity index is 464. The van der Waals surface area contributed by atoms with Crippen LogP contribution in [-0.2, 0) is 4.74 Å². The van der Waals surface area contributed by atoms with Crippen LogP contribution in [0.1, 0.15) is 5.69 Å². The number of ether oxygens (including phenoxy) is 1. The summed E-state index contributed by atoms with van der Waals surface area (Å²) in [5, 5.41) is 11.9. The number of methoxy groups -OCH3 is 1. The molecule has 0 radical (unpaired) electrons. The van der Waals surface area contributed by atoms with Crippen LogP contribution in [-0.4, -0.2) is 47.2 Å². The molecule has 0 unspecified atom stereocenters. The summed E-state index contributed by atoms with van der Waals surface area (Å²) in [6.45, 7) is 1.07. The van der Waals surface area contributed by atoms with Crippen LogP contribution >= 0.6 is 0 Å². The van der Waals surface area contributed by atoms with Gasteiger partial charge in [-0.15, -0.1) is 0 Å². The summed E-state index contributed by atoms with van der Waals surface area (Å²) in [5.74, 6) is 0.449. The number of nitriles is 1. The van der Waals surface area contributed by atoms with E-state index in [4.69, 9.17) is 5.26 Å². The highest BCUT2D eigenvalue weighted by Crippen LogP contribution is 2.15. The first kappa shape index (κ1) is 11.1. The Balaban J connectivity index is 1.92. The van der Waals surface area contributed by atoms with E-state index in [1.165, 1.54) is 19.5 Å². The Labute approximate surface area is 98.0 Å². The number of aromatic nitrogens is 2. The topological polar surface area (TPSA) is 91.1 Å². The number of rotatable bonds is 2. The van der Waals surface area contributed by atoms with Gasteiger partial charge in [0.15, 0.2) is 11.5 Å². The largest absolute Gasteiger partial charge is 0.453 e. The van der Waals surface area contributed by atoms with Crippen LogP contribution in [0.5, 0.6) is 0 Å². The molecule has 1 aromatic heterocycles. The van der Waals surface area contributed by atoms with Gasteiger partial charge in [-0.25, -0.2) is 14.8 Å². The summed E-state index contributed by atoms with van der Waals surface area (Å²) in [7, 11) is 1.35. The van der Waals surface area contributed by atoms with Crippen molar-refractivity contribution in [1.29, 1.82) is 5.26 Å². The van der Waals surface area contributed by atoms with Crippen molar-refractivity contribution in [2.24, 2.45) is 0 Å². The number of likely N-dealkylation sites (tertiary alicyclic amines) is 1. The zero-order valence-electron chi connectivity index (χ0n) is 9.25. The van der Waals surface area contributed by atoms with E-state index in [-0.39, 0.29) is 17.8 Å². The molecule has 0 bridgehead atoms. The van der Waals surface area contributed by atoms with E-state index in [0.717, 1.165) is 0 Å². The van der Waals surface area contributed by atoms with E-state index < -0.39 is 0 Å². The summed E-state index contributed by atoms with van der Waals surface area (Å²) in [6, 6.07) is 2.03. The number of hydrogen-bond acceptors (Lipinski definition) is 6. The predicted molar refractivity (Wildman–Crippen MR) is 58.1 cm³/mol. The number of hydrogen-bond donors (Lipinski definition) is 1. The van der Waals surface area contributed by atoms with Crippen molar-refractivity contribution < 1.29 is 9.53 Å². The van der Waals surface area contributed by atoms with Gasteiger partial charge in [-0.2, -0.15) is 5.26 Å². The summed E-state index contributed by atoms with van der Waals surface area (Å²) in [4.78, 5) is 20.6. The third-order valence-electron chi connectivity index (χ3n) is 2.46. The van der Waals surface area contributed by atoms with Gasteiger partial charge in [0, 0.05) is 25.5 Å². The molecule has 1 aliphatic rings. The Morgan fingerprint density at radius 1 is 1.59 bits per heavy atom. The van der Waals surface area contributed by atoms with Crippen LogP contribution < -0.4 is 5.32 Å². The number of carbonyl (C=O) groups is 1. The summed E-state index contributed by atoms with van der Waals surface area (Å²) in [6.07, 6.45) is 2.63. The molecule has 17 heavy (non-hydrogen) atoms. The van der Waals surface area contributed by atoms with Crippen LogP contribution in [0.15, 0.2) is 12.4 Å². The molecule has 1 aromatic rings. The second kappa shape index (κ2) is 4.65. The molecule has 1 amide bonds. The lowest BCUT2D eigenvalue weighted by atomic mass is 10.1. The lowest BCUT2D eigenvalue weighted by molar-refractivity contribution is 0.0929. The van der Waals surface area contributed by atoms with Crippen molar-refractivity contribution in [3.8, 4) is 6.07 Å². The van der Waals surface area contributed by atoms with Crippen molar-refractivity contribution in [2.75, 3.05) is 25.5 Å². The SMILES string of the molecule is COC(=O)N1CC(Nc2nccnc2C#N)C1. The number of amides is 1. The molecular formula is C10H11N5O2. The molecule has 7 nitrogen and oxygen atoms in total. The quantitative estimate of drug-likeness (QED) is 0.785. The second-order valence-electron chi connectivity index (χ2n) is 3.58. The molecule has 0 aliphatic carbocycles. The molecule has 0 atom stereocenters. The van der Waals surface area contributed by atoms with Gasteiger partial charge in [-0.3, -0.25) is 0 Å². The first-order chi connectivity index (χ1) is 8.24. The number of nitrogens with zero attached hydrogens (tertiary/aromatic N) is 4. The second-order valence-corrected chi connectivity index (χ2v) is 3.58. The highest BCUT2D eigenvalue weighted by atomic mass is 16.5. The summed E-state index contributed by atoms with van der Waals surface area (Å²) >= 11 is 0. The fourth-order valence-corrected chi connectivity index (χ4v) is 1.57. The van der Waals surface area contributed by atoms with Gasteiger partial charge in [0.2, 0.25) is 0 Å². The Kier molecular flexibility index (Phi) is 3.05. The average molecular weight is 233 g/mol. The van der Waals surface area contributed by atoms with Gasteiger partial charge in [-0.05, 0) is 0 Å². The third-order valence-corrected chi connectivity index (χ3v) is 2.46. The molecule has 1 N–H and O–H groups in total. The number of carbonyl (C=O) groups excluding carboxylic acids is 1. The molecule has 2 heterocycles. The van der Waals surface area contributed by atoms with Crippen molar-refractivity contribution in [1.82, 2.24) is 14.9 Å². The van der Waals surface area contributed by atoms with Crippen LogP contribution in [0.2, 0.25) is 0 Å². The highest BCUT2D eigenvalue weighted by molar-refractivity contribution is 5.69. The van der Waals surface area contributed by atoms with Crippen molar-refractivity contribution in [2.45, 2.75) is 6.04 Å². The van der Waals surface area contributed by atoms with Gasteiger partial charge in [0.1, 0.15) is 6.07 Å². The van der Waals surface area contributed by atoms with Crippen molar-refractivity contribution in [3.63, 3.8) is 0 Å². The molecule has 0 saturated carbocycles. The maximum Gasteiger partial charge on any atom is 0.409 e. The van der Waals surface area contributed by atoms with Crippen LogP contribution in [0.4, 0.5) is 10.6 Å². The monoisotopic (exact) mass is 233 g/mol. The van der Waals surface area contributed by atoms with Gasteiger partial charge >= 0.3 is 6.09 Å². The van der Waals surface area contributed by atoms with Crippen LogP contribution in [0, 0.1) is 11.3 Å². The maximum absolute atomic E-state index is 11.1. The van der Waals surface area contributed by atoms with Crippen molar-refractivity contribution >= 4 is 11.9 Å². The fraction of sp³-hybridized carbons (Fsp3) is 0.400. The van der Waals surface area contributed by atoms with Gasteiger partial charge in [0.25, 0.3) is 0 Å². The molecule has 88 valence electrons. The zero-order chi connectivity index (χ0) is 12.3. The van der Waals surface area contributed by atoms with E-state index in [2.05, 4.69) is 20.0 Å². The molecular weight excluding hydrogens is 222 g/mol. The van der Waals surface area contributed by atoms with Gasteiger partial charge in [0.05, 0.1) is 13.2 Å². The first-order valence-electron chi connectivity index (χ1n) is 5.05. The summed E-state index contributed by atoms with van der Waals surface area (Å²) in [5.41, 5.74) is 0.254. The van der Waals surface area contributed by atoms with Crippen LogP contribution in [0.25, 0.3) is 0 Å². The standard InChI is InChI=1S/C10H11N5O2/c1-17-10(16)15-5-7(6-15)14-9-8(4-11)12-2-3-13-9/h2-3,7H,5-6H2,1H3,(H,13,14). The minimum atomic E-state index is -0.345. The van der Waals surface area contributed by atoms with Gasteiger partial charge in [-0.1, -0.05) is 0 Å². The maximum atomic E-state index is 11.1. The highest BCUT2D eigenvalue weighted by Gasteiger charge is 2.31. The molecule has 2 rings (SSSR count). The smallest absolute Gasteiger partial charge is 0.409 e. The van der Waals surface area contributed by atoms with E-state index in [1.807, 2.05) is 6.07 Å². The van der Waals surface area contributed by atoms with E-state index in [0.29, 0.717) is 18.9 Å². The Morgan fingerprint density at radius 2 is 2.29 bits per heavy atom. The number of anilines is 1.